The Kier molecular flexibility index (Phi) is 7.43. The quantitative estimate of drug-likeness (QED) is 0.274. The van der Waals surface area contributed by atoms with Crippen LogP contribution < -0.4 is 18.9 Å². The highest BCUT2D eigenvalue weighted by molar-refractivity contribution is 5.91. The topological polar surface area (TPSA) is 130 Å². The molecule has 54 heavy (non-hydrogen) atoms. The van der Waals surface area contributed by atoms with E-state index in [1.54, 1.807) is 14.2 Å². The lowest BCUT2D eigenvalue weighted by molar-refractivity contribution is -0.214. The number of hydrogen-bond donors (Lipinski definition) is 0. The van der Waals surface area contributed by atoms with Crippen molar-refractivity contribution in [1.29, 1.82) is 0 Å². The number of hydrogen-bond acceptors (Lipinski definition) is 12. The first-order chi connectivity index (χ1) is 26.0. The molecule has 4 bridgehead atoms. The van der Waals surface area contributed by atoms with Gasteiger partial charge in [-0.15, -0.1) is 0 Å². The first-order valence-electron chi connectivity index (χ1n) is 19.7. The van der Waals surface area contributed by atoms with Gasteiger partial charge in [0.05, 0.1) is 37.1 Å². The van der Waals surface area contributed by atoms with Gasteiger partial charge in [0.2, 0.25) is 0 Å². The molecule has 2 saturated carbocycles. The Hall–Kier alpha value is -4.16. The third-order valence-electron chi connectivity index (χ3n) is 15.0. The highest BCUT2D eigenvalue weighted by Crippen LogP contribution is 2.67. The zero-order valence-corrected chi connectivity index (χ0v) is 31.5. The summed E-state index contributed by atoms with van der Waals surface area (Å²) in [4.78, 5) is 59.5. The second kappa shape index (κ2) is 11.7. The Morgan fingerprint density at radius 3 is 1.52 bits per heavy atom. The highest BCUT2D eigenvalue weighted by Gasteiger charge is 2.77. The molecule has 12 heteroatoms. The molecule has 4 aliphatic heterocycles. The number of nitrogens with zero attached hydrogens (tertiary/aromatic N) is 2. The summed E-state index contributed by atoms with van der Waals surface area (Å²) in [5, 5.41) is 0. The third kappa shape index (κ3) is 4.06. The van der Waals surface area contributed by atoms with Crippen LogP contribution in [-0.4, -0.2) is 110 Å². The second-order valence-corrected chi connectivity index (χ2v) is 17.0. The number of likely N-dealkylation sites (N-methyl/N-ethyl adjacent to an activating group) is 2. The van der Waals surface area contributed by atoms with Crippen molar-refractivity contribution in [2.75, 3.05) is 41.4 Å². The van der Waals surface area contributed by atoms with Crippen molar-refractivity contribution in [3.63, 3.8) is 0 Å². The number of benzene rings is 2. The number of rotatable bonds is 9. The van der Waals surface area contributed by atoms with Crippen molar-refractivity contribution in [3.8, 4) is 23.0 Å². The summed E-state index contributed by atoms with van der Waals surface area (Å²) in [6, 6.07) is 7.76. The molecule has 10 rings (SSSR count). The molecule has 286 valence electrons. The van der Waals surface area contributed by atoms with Crippen LogP contribution in [0.15, 0.2) is 24.3 Å². The summed E-state index contributed by atoms with van der Waals surface area (Å²) in [6.45, 7) is 1.52. The van der Waals surface area contributed by atoms with Crippen molar-refractivity contribution in [3.05, 3.63) is 46.5 Å². The number of unbranched alkanes of at least 4 members (excludes halogenated alkanes) is 1. The van der Waals surface area contributed by atoms with E-state index < -0.39 is 34.2 Å². The Bertz CT molecular complexity index is 1870. The highest BCUT2D eigenvalue weighted by atomic mass is 16.6. The fraction of sp³-hybridized carbons (Fsp3) is 0.619. The molecule has 4 fully saturated rings. The smallest absolute Gasteiger partial charge is 0.306 e. The number of ether oxygens (including phenoxy) is 6. The number of carbonyl (C=O) groups excluding carboxylic acids is 4. The van der Waals surface area contributed by atoms with Gasteiger partial charge in [-0.05, 0) is 102 Å². The molecule has 0 amide bonds. The van der Waals surface area contributed by atoms with Crippen LogP contribution in [0.3, 0.4) is 0 Å². The van der Waals surface area contributed by atoms with Gasteiger partial charge in [-0.2, -0.15) is 0 Å². The van der Waals surface area contributed by atoms with Gasteiger partial charge in [0, 0.05) is 36.8 Å². The lowest BCUT2D eigenvalue weighted by atomic mass is 9.49. The van der Waals surface area contributed by atoms with Gasteiger partial charge < -0.3 is 28.4 Å². The van der Waals surface area contributed by atoms with Crippen LogP contribution in [0.5, 0.6) is 23.0 Å². The van der Waals surface area contributed by atoms with E-state index in [9.17, 15) is 19.2 Å². The predicted molar refractivity (Wildman–Crippen MR) is 192 cm³/mol. The van der Waals surface area contributed by atoms with Gasteiger partial charge in [-0.25, -0.2) is 0 Å². The molecule has 2 saturated heterocycles. The Morgan fingerprint density at radius 2 is 1.11 bits per heavy atom. The van der Waals surface area contributed by atoms with Gasteiger partial charge in [0.25, 0.3) is 0 Å². The second-order valence-electron chi connectivity index (χ2n) is 17.0. The van der Waals surface area contributed by atoms with E-state index >= 15 is 0 Å². The molecule has 4 heterocycles. The van der Waals surface area contributed by atoms with E-state index in [1.807, 2.05) is 12.1 Å². The van der Waals surface area contributed by atoms with Crippen molar-refractivity contribution in [2.24, 2.45) is 0 Å². The maximum absolute atomic E-state index is 13.9. The van der Waals surface area contributed by atoms with Crippen LogP contribution in [0.2, 0.25) is 0 Å². The minimum absolute atomic E-state index is 0.0403. The summed E-state index contributed by atoms with van der Waals surface area (Å²) in [6.07, 6.45) is 3.80. The Morgan fingerprint density at radius 1 is 0.685 bits per heavy atom. The first-order valence-corrected chi connectivity index (χ1v) is 19.7. The predicted octanol–water partition coefficient (Wildman–Crippen LogP) is 3.77. The zero-order chi connectivity index (χ0) is 37.4. The van der Waals surface area contributed by atoms with Crippen LogP contribution in [-0.2, 0) is 52.3 Å². The molecular weight excluding hydrogens is 692 g/mol. The lowest BCUT2D eigenvalue weighted by Gasteiger charge is -2.63. The average Bonchev–Trinajstić information content (AvgIpc) is 3.71. The monoisotopic (exact) mass is 740 g/mol. The van der Waals surface area contributed by atoms with Gasteiger partial charge in [0.1, 0.15) is 11.2 Å². The van der Waals surface area contributed by atoms with E-state index in [4.69, 9.17) is 28.4 Å². The lowest BCUT2D eigenvalue weighted by Crippen LogP contribution is -2.77. The third-order valence-corrected chi connectivity index (χ3v) is 15.0. The van der Waals surface area contributed by atoms with E-state index in [1.165, 1.54) is 0 Å². The van der Waals surface area contributed by atoms with E-state index in [-0.39, 0.29) is 61.3 Å². The molecular formula is C42H48N2O10. The maximum Gasteiger partial charge on any atom is 0.306 e. The van der Waals surface area contributed by atoms with Crippen LogP contribution >= 0.6 is 0 Å². The van der Waals surface area contributed by atoms with Crippen molar-refractivity contribution < 1.29 is 47.6 Å². The summed E-state index contributed by atoms with van der Waals surface area (Å²) < 4.78 is 37.8. The molecule has 0 N–H and O–H groups in total. The Balaban J connectivity index is 0.869. The van der Waals surface area contributed by atoms with Crippen LogP contribution in [0, 0.1) is 0 Å². The number of carbonyl (C=O) groups is 4. The zero-order valence-electron chi connectivity index (χ0n) is 31.5. The fourth-order valence-electron chi connectivity index (χ4n) is 12.8. The minimum Gasteiger partial charge on any atom is -0.493 e. The molecule has 8 aliphatic rings. The van der Waals surface area contributed by atoms with Gasteiger partial charge in [0.15, 0.2) is 46.8 Å². The van der Waals surface area contributed by atoms with Crippen molar-refractivity contribution >= 4 is 23.5 Å². The average molecular weight is 741 g/mol. The summed E-state index contributed by atoms with van der Waals surface area (Å²) in [7, 11) is 7.36. The molecule has 0 radical (unpaired) electrons. The van der Waals surface area contributed by atoms with Crippen LogP contribution in [0.1, 0.15) is 86.5 Å². The number of esters is 2. The molecule has 0 aromatic heterocycles. The summed E-state index contributed by atoms with van der Waals surface area (Å²) in [5.41, 5.74) is 0.811. The Labute approximate surface area is 314 Å². The standard InChI is InChI=1S/C42H48N2O10/c1-43-19-17-39-33-23-9-11-27(49-3)35(33)51-37(39)25(45)13-15-41(39,29(43)21-23)53-31(47)7-5-6-8-32(48)54-42-16-14-26(46)38-40(42)18-20-44(2)30(42)22-24-10-12-28(50-4)36(52-38)34(24)40/h9-12,29-30,37-38H,5-8,13-22H2,1-4H3/t29-,30-,37+,38+,39?,40?,41-,42-/m1/s1. The largest absolute Gasteiger partial charge is 0.493 e. The fourth-order valence-corrected chi connectivity index (χ4v) is 12.8. The number of methoxy groups -OCH3 is 2. The number of piperidine rings is 2. The van der Waals surface area contributed by atoms with Gasteiger partial charge in [-0.1, -0.05) is 12.1 Å². The molecule has 4 aliphatic carbocycles. The first kappa shape index (κ1) is 34.3. The summed E-state index contributed by atoms with van der Waals surface area (Å²) in [5.74, 6) is 1.84. The SMILES string of the molecule is COc1ccc2c3c1O[C@H]1C(=O)CC[C@@]4(OC(=O)CCCCC(=O)O[C@@]56CCC(=O)[C@@H]7Oc8c(OC)ccc9c8C75CCN(C)[C@@H]6C9)[C@@H](C2)N(C)CCC314. The van der Waals surface area contributed by atoms with Crippen molar-refractivity contribution in [1.82, 2.24) is 9.80 Å². The van der Waals surface area contributed by atoms with Crippen LogP contribution in [0.4, 0.5) is 0 Å². The minimum atomic E-state index is -0.918. The van der Waals surface area contributed by atoms with Gasteiger partial charge >= 0.3 is 11.9 Å². The number of ketones is 2. The van der Waals surface area contributed by atoms with E-state index in [0.717, 1.165) is 35.3 Å². The van der Waals surface area contributed by atoms with Gasteiger partial charge in [-0.3, -0.25) is 29.0 Å². The van der Waals surface area contributed by atoms with E-state index in [2.05, 4.69) is 36.0 Å². The van der Waals surface area contributed by atoms with E-state index in [0.29, 0.717) is 74.4 Å². The van der Waals surface area contributed by atoms with Crippen LogP contribution in [0.25, 0.3) is 0 Å². The molecule has 2 spiro atoms. The molecule has 2 aromatic carbocycles. The molecule has 8 atom stereocenters. The maximum atomic E-state index is 13.9. The molecule has 2 aromatic rings. The van der Waals surface area contributed by atoms with Crippen molar-refractivity contribution in [2.45, 2.75) is 123 Å². The summed E-state index contributed by atoms with van der Waals surface area (Å²) >= 11 is 0. The number of likely N-dealkylation sites (tertiary alicyclic amines) is 2. The molecule has 12 nitrogen and oxygen atoms in total. The normalized spacial score (nSPS) is 36.4. The molecule has 2 unspecified atom stereocenters. The number of Topliss-reactive ketones (excluding diaryl/α,β-unsaturated/α-hetero) is 2.